The Morgan fingerprint density at radius 1 is 0.614 bits per heavy atom. The van der Waals surface area contributed by atoms with Gasteiger partial charge in [-0.25, -0.2) is 9.59 Å². The number of carboxylic acids is 2. The second kappa shape index (κ2) is 22.2. The lowest BCUT2D eigenvalue weighted by molar-refractivity contribution is -0.931. The first kappa shape index (κ1) is 53.1. The van der Waals surface area contributed by atoms with E-state index >= 15 is 0 Å². The predicted octanol–water partition coefficient (Wildman–Crippen LogP) is 4.49. The van der Waals surface area contributed by atoms with E-state index in [1.54, 1.807) is 47.9 Å². The number of esters is 2. The van der Waals surface area contributed by atoms with Crippen molar-refractivity contribution in [2.45, 2.75) is 130 Å². The van der Waals surface area contributed by atoms with Crippen molar-refractivity contribution >= 4 is 23.9 Å². The van der Waals surface area contributed by atoms with E-state index in [1.807, 2.05) is 24.3 Å². The number of carboxylic acid groups (broad SMARTS) is 2. The van der Waals surface area contributed by atoms with E-state index in [4.69, 9.17) is 9.47 Å². The molecular formula is C58H72N2O10. The summed E-state index contributed by atoms with van der Waals surface area (Å²) in [5, 5.41) is 42.5. The average molecular weight is 957 g/mol. The highest BCUT2D eigenvalue weighted by Crippen LogP contribution is 2.47. The highest BCUT2D eigenvalue weighted by atomic mass is 16.6. The molecule has 4 aliphatic rings. The molecule has 2 heterocycles. The van der Waals surface area contributed by atoms with Gasteiger partial charge in [0.15, 0.2) is 12.2 Å². The van der Waals surface area contributed by atoms with Gasteiger partial charge in [0, 0.05) is 48.3 Å². The first-order valence-electron chi connectivity index (χ1n) is 24.6. The summed E-state index contributed by atoms with van der Waals surface area (Å²) in [4.78, 5) is 50.4. The molecule has 2 aliphatic carbocycles. The maximum atomic E-state index is 12.1. The molecular weight excluding hydrogens is 885 g/mol. The van der Waals surface area contributed by atoms with Crippen LogP contribution in [-0.4, -0.2) is 84.6 Å². The molecule has 374 valence electrons. The number of benzene rings is 4. The lowest BCUT2D eigenvalue weighted by atomic mass is 9.59. The second-order valence-corrected chi connectivity index (χ2v) is 21.0. The number of allylic oxidation sites excluding steroid dienone is 2. The third kappa shape index (κ3) is 12.0. The van der Waals surface area contributed by atoms with Crippen LogP contribution in [0.5, 0.6) is 11.5 Å². The Bertz CT molecular complexity index is 2420. The highest BCUT2D eigenvalue weighted by Gasteiger charge is 2.52. The van der Waals surface area contributed by atoms with Crippen LogP contribution in [0, 0.1) is 25.7 Å². The van der Waals surface area contributed by atoms with Gasteiger partial charge in [0.2, 0.25) is 0 Å². The van der Waals surface area contributed by atoms with Crippen LogP contribution in [0.2, 0.25) is 0 Å². The molecule has 70 heavy (non-hydrogen) atoms. The fourth-order valence-corrected chi connectivity index (χ4v) is 11.1. The van der Waals surface area contributed by atoms with Gasteiger partial charge in [-0.2, -0.15) is 0 Å². The fraction of sp³-hybridized carbons (Fsp3) is 0.448. The van der Waals surface area contributed by atoms with Crippen LogP contribution in [-0.2, 0) is 42.7 Å². The largest absolute Gasteiger partial charge is 0.546 e. The summed E-state index contributed by atoms with van der Waals surface area (Å²) in [6.07, 6.45) is 4.71. The zero-order chi connectivity index (χ0) is 51.2. The average Bonchev–Trinajstić information content (AvgIpc) is 3.30. The Morgan fingerprint density at radius 3 is 1.27 bits per heavy atom. The minimum Gasteiger partial charge on any atom is -0.546 e. The SMILES string of the molecule is CC(C)=CC[NH+]1CC[C@]2(C)c3cc(O)ccc3C[C@H]1[C@@H]2C.CC(C)=CC[NH+]1CC[C@]2(C)c3cc(O)ccc3C[C@H]1[C@@H]2C.Cc1ccc(C(=O)O[C@@H](C(=O)[O-])[C@@H](OC(=O)c2ccc(C)cc2)C(=O)[O-])cc1. The molecule has 2 saturated heterocycles. The lowest BCUT2D eigenvalue weighted by Gasteiger charge is -2.52. The number of aromatic hydroxyl groups is 2. The monoisotopic (exact) mass is 957 g/mol. The number of rotatable bonds is 11. The number of piperidine rings is 2. The number of quaternary nitrogens is 2. The number of fused-ring (bicyclic) bond motifs is 8. The van der Waals surface area contributed by atoms with Crippen LogP contribution in [0.3, 0.4) is 0 Å². The van der Waals surface area contributed by atoms with E-state index in [9.17, 15) is 39.6 Å². The van der Waals surface area contributed by atoms with Crippen molar-refractivity contribution in [1.29, 1.82) is 0 Å². The highest BCUT2D eigenvalue weighted by molar-refractivity contribution is 5.94. The van der Waals surface area contributed by atoms with Gasteiger partial charge in [-0.1, -0.05) is 86.4 Å². The molecule has 0 radical (unpaired) electrons. The van der Waals surface area contributed by atoms with Crippen molar-refractivity contribution in [2.75, 3.05) is 26.2 Å². The molecule has 0 spiro atoms. The van der Waals surface area contributed by atoms with Crippen molar-refractivity contribution in [3.05, 3.63) is 153 Å². The molecule has 4 aromatic carbocycles. The molecule has 12 nitrogen and oxygen atoms in total. The van der Waals surface area contributed by atoms with Gasteiger partial charge in [-0.15, -0.1) is 0 Å². The van der Waals surface area contributed by atoms with Gasteiger partial charge in [0.25, 0.3) is 0 Å². The van der Waals surface area contributed by atoms with E-state index in [-0.39, 0.29) is 22.0 Å². The van der Waals surface area contributed by atoms with Gasteiger partial charge in [0.05, 0.1) is 61.3 Å². The molecule has 0 aromatic heterocycles. The number of aryl methyl sites for hydroxylation is 2. The summed E-state index contributed by atoms with van der Waals surface area (Å²) in [6, 6.07) is 25.2. The smallest absolute Gasteiger partial charge is 0.338 e. The summed E-state index contributed by atoms with van der Waals surface area (Å²) in [5.41, 5.74) is 10.6. The predicted molar refractivity (Wildman–Crippen MR) is 264 cm³/mol. The van der Waals surface area contributed by atoms with Crippen LogP contribution in [0.25, 0.3) is 0 Å². The Morgan fingerprint density at radius 2 is 0.957 bits per heavy atom. The number of likely N-dealkylation sites (tertiary alicyclic amines) is 2. The van der Waals surface area contributed by atoms with Crippen LogP contribution in [0.4, 0.5) is 0 Å². The number of nitrogens with one attached hydrogen (secondary N) is 2. The Balaban J connectivity index is 0.000000175. The maximum Gasteiger partial charge on any atom is 0.338 e. The van der Waals surface area contributed by atoms with Gasteiger partial charge in [-0.05, 0) is 124 Å². The molecule has 2 unspecified atom stereocenters. The molecule has 0 amide bonds. The van der Waals surface area contributed by atoms with Crippen LogP contribution < -0.4 is 20.0 Å². The molecule has 0 saturated carbocycles. The molecule has 4 aromatic rings. The summed E-state index contributed by atoms with van der Waals surface area (Å²) in [5.74, 6) is -4.17. The Kier molecular flexibility index (Phi) is 16.9. The first-order chi connectivity index (χ1) is 33.0. The molecule has 10 atom stereocenters. The van der Waals surface area contributed by atoms with Gasteiger partial charge >= 0.3 is 11.9 Å². The van der Waals surface area contributed by atoms with Crippen LogP contribution >= 0.6 is 0 Å². The third-order valence-electron chi connectivity index (χ3n) is 15.8. The summed E-state index contributed by atoms with van der Waals surface area (Å²) in [6.45, 7) is 26.7. The Hall–Kier alpha value is -6.24. The lowest BCUT2D eigenvalue weighted by Crippen LogP contribution is -3.18. The third-order valence-corrected chi connectivity index (χ3v) is 15.8. The van der Waals surface area contributed by atoms with E-state index in [0.717, 1.165) is 37.1 Å². The summed E-state index contributed by atoms with van der Waals surface area (Å²) in [7, 11) is 0. The summed E-state index contributed by atoms with van der Waals surface area (Å²) >= 11 is 0. The number of hydrogen-bond acceptors (Lipinski definition) is 10. The topological polar surface area (TPSA) is 182 Å². The van der Waals surface area contributed by atoms with Crippen LogP contribution in [0.1, 0.15) is 122 Å². The van der Waals surface area contributed by atoms with Crippen molar-refractivity contribution in [3.63, 3.8) is 0 Å². The van der Waals surface area contributed by atoms with Gasteiger partial charge in [-0.3, -0.25) is 0 Å². The molecule has 2 fully saturated rings. The second-order valence-electron chi connectivity index (χ2n) is 21.0. The Labute approximate surface area is 413 Å². The zero-order valence-electron chi connectivity index (χ0n) is 42.5. The quantitative estimate of drug-likeness (QED) is 0.124. The van der Waals surface area contributed by atoms with Gasteiger partial charge in [0.1, 0.15) is 11.5 Å². The minimum absolute atomic E-state index is 0.0150. The fourth-order valence-electron chi connectivity index (χ4n) is 11.1. The van der Waals surface area contributed by atoms with Crippen molar-refractivity contribution in [3.8, 4) is 11.5 Å². The number of phenolic OH excluding ortho intramolecular Hbond substituents is 2. The molecule has 8 rings (SSSR count). The maximum absolute atomic E-state index is 12.1. The van der Waals surface area contributed by atoms with E-state index < -0.39 is 36.1 Å². The number of phenols is 2. The minimum atomic E-state index is -2.40. The number of hydrogen-bond donors (Lipinski definition) is 4. The first-order valence-corrected chi connectivity index (χ1v) is 24.6. The van der Waals surface area contributed by atoms with Crippen molar-refractivity contribution in [2.24, 2.45) is 11.8 Å². The number of ether oxygens (including phenoxy) is 2. The van der Waals surface area contributed by atoms with Crippen molar-refractivity contribution < 1.29 is 58.9 Å². The molecule has 2 aliphatic heterocycles. The van der Waals surface area contributed by atoms with Gasteiger partial charge < -0.3 is 49.3 Å². The van der Waals surface area contributed by atoms with E-state index in [0.29, 0.717) is 35.4 Å². The van der Waals surface area contributed by atoms with E-state index in [1.165, 1.54) is 83.6 Å². The molecule has 4 N–H and O–H groups in total. The standard InChI is InChI=1S/C20H18O8.2C19H27NO/c1-11-3-7-13(8-4-11)19(25)27-15(17(21)22)16(18(23)24)28-20(26)14-9-5-12(2)6-10-14;2*1-13(2)7-9-20-10-8-19(4)14(3)18(20)11-15-5-6-16(21)12-17(15)19/h3-10,15-16H,1-2H3,(H,21,22)(H,23,24);2*5-7,12,14,18,21H,8-11H2,1-4H3/t15-,16-;2*14-,18-,19-/m100/s1. The molecule has 4 bridgehead atoms. The molecule has 12 heteroatoms. The van der Waals surface area contributed by atoms with E-state index in [2.05, 4.69) is 79.7 Å². The van der Waals surface area contributed by atoms with Crippen LogP contribution in [0.15, 0.2) is 108 Å². The zero-order valence-corrected chi connectivity index (χ0v) is 42.5. The number of carbonyl (C=O) groups excluding carboxylic acids is 4. The summed E-state index contributed by atoms with van der Waals surface area (Å²) < 4.78 is 9.44. The number of aliphatic carboxylic acids is 2. The number of carbonyl (C=O) groups is 4. The van der Waals surface area contributed by atoms with Crippen molar-refractivity contribution in [1.82, 2.24) is 0 Å². The normalized spacial score (nSPS) is 25.5.